The number of aryl methyl sites for hydroxylation is 1. The Labute approximate surface area is 188 Å². The molecule has 0 atom stereocenters. The maximum absolute atomic E-state index is 13.1. The Morgan fingerprint density at radius 3 is 2.41 bits per heavy atom. The van der Waals surface area contributed by atoms with Gasteiger partial charge < -0.3 is 15.0 Å². The third kappa shape index (κ3) is 4.75. The molecule has 1 saturated heterocycles. The fraction of sp³-hybridized carbons (Fsp3) is 0.231. The third-order valence-electron chi connectivity index (χ3n) is 5.60. The number of methoxy groups -OCH3 is 1. The Balaban J connectivity index is 1.44. The summed E-state index contributed by atoms with van der Waals surface area (Å²) in [6, 6.07) is 22.7. The van der Waals surface area contributed by atoms with Crippen LogP contribution in [0, 0.1) is 6.92 Å². The van der Waals surface area contributed by atoms with Gasteiger partial charge in [0, 0.05) is 30.9 Å². The monoisotopic (exact) mass is 429 g/mol. The summed E-state index contributed by atoms with van der Waals surface area (Å²) >= 11 is 0. The lowest BCUT2D eigenvalue weighted by Crippen LogP contribution is -2.49. The van der Waals surface area contributed by atoms with Crippen molar-refractivity contribution < 1.29 is 14.3 Å². The van der Waals surface area contributed by atoms with E-state index in [1.165, 1.54) is 5.56 Å². The minimum atomic E-state index is -0.230. The first kappa shape index (κ1) is 21.4. The van der Waals surface area contributed by atoms with Crippen LogP contribution >= 0.6 is 0 Å². The smallest absolute Gasteiger partial charge is 0.324 e. The lowest BCUT2D eigenvalue weighted by atomic mass is 10.1. The van der Waals surface area contributed by atoms with Crippen LogP contribution < -0.4 is 15.0 Å². The Kier molecular flexibility index (Phi) is 6.40. The number of benzene rings is 3. The van der Waals surface area contributed by atoms with Crippen LogP contribution in [0.15, 0.2) is 72.8 Å². The van der Waals surface area contributed by atoms with Crippen molar-refractivity contribution in [2.24, 2.45) is 0 Å². The van der Waals surface area contributed by atoms with Gasteiger partial charge in [-0.15, -0.1) is 0 Å². The van der Waals surface area contributed by atoms with E-state index in [2.05, 4.69) is 36.5 Å². The number of urea groups is 1. The van der Waals surface area contributed by atoms with E-state index in [9.17, 15) is 9.59 Å². The van der Waals surface area contributed by atoms with Crippen LogP contribution in [-0.2, 0) is 6.54 Å². The Bertz CT molecular complexity index is 1090. The van der Waals surface area contributed by atoms with Gasteiger partial charge in [0.15, 0.2) is 0 Å². The quantitative estimate of drug-likeness (QED) is 0.594. The second-order valence-corrected chi connectivity index (χ2v) is 7.90. The predicted molar refractivity (Wildman–Crippen MR) is 126 cm³/mol. The lowest BCUT2D eigenvalue weighted by Gasteiger charge is -2.35. The van der Waals surface area contributed by atoms with Crippen molar-refractivity contribution in [1.82, 2.24) is 4.90 Å². The van der Waals surface area contributed by atoms with Crippen molar-refractivity contribution in [3.63, 3.8) is 0 Å². The van der Waals surface area contributed by atoms with Crippen LogP contribution in [0.25, 0.3) is 0 Å². The molecular formula is C26H27N3O3. The van der Waals surface area contributed by atoms with Gasteiger partial charge >= 0.3 is 6.03 Å². The molecule has 0 unspecified atom stereocenters. The topological polar surface area (TPSA) is 61.9 Å². The first-order valence-electron chi connectivity index (χ1n) is 10.7. The molecule has 1 aliphatic heterocycles. The highest BCUT2D eigenvalue weighted by Crippen LogP contribution is 2.25. The van der Waals surface area contributed by atoms with E-state index in [1.54, 1.807) is 36.3 Å². The maximum atomic E-state index is 13.1. The molecule has 0 bridgehead atoms. The number of carbonyl (C=O) groups is 2. The molecule has 1 fully saturated rings. The van der Waals surface area contributed by atoms with Gasteiger partial charge in [0.1, 0.15) is 5.75 Å². The zero-order valence-corrected chi connectivity index (χ0v) is 18.4. The number of para-hydroxylation sites is 2. The largest absolute Gasteiger partial charge is 0.495 e. The summed E-state index contributed by atoms with van der Waals surface area (Å²) in [6.07, 6.45) is 0.896. The number of nitrogens with zero attached hydrogens (tertiary/aromatic N) is 2. The summed E-state index contributed by atoms with van der Waals surface area (Å²) in [5.74, 6) is 0.372. The van der Waals surface area contributed by atoms with Crippen LogP contribution in [0.3, 0.4) is 0 Å². The van der Waals surface area contributed by atoms with Gasteiger partial charge in [0.25, 0.3) is 5.91 Å². The van der Waals surface area contributed by atoms with Crippen LogP contribution in [0.1, 0.15) is 27.9 Å². The summed E-state index contributed by atoms with van der Waals surface area (Å²) in [7, 11) is 1.57. The van der Waals surface area contributed by atoms with Crippen LogP contribution in [0.5, 0.6) is 5.75 Å². The molecular weight excluding hydrogens is 402 g/mol. The van der Waals surface area contributed by atoms with E-state index in [0.29, 0.717) is 30.1 Å². The number of hydrogen-bond acceptors (Lipinski definition) is 3. The van der Waals surface area contributed by atoms with Gasteiger partial charge in [-0.25, -0.2) is 4.79 Å². The predicted octanol–water partition coefficient (Wildman–Crippen LogP) is 5.09. The number of amides is 3. The van der Waals surface area contributed by atoms with Crippen molar-refractivity contribution in [2.75, 3.05) is 30.4 Å². The lowest BCUT2D eigenvalue weighted by molar-refractivity contribution is 0.102. The molecule has 4 rings (SSSR count). The highest BCUT2D eigenvalue weighted by molar-refractivity contribution is 6.05. The SMILES string of the molecule is COc1ccccc1NC(=O)c1ccc(N2CCCN(Cc3ccc(C)cc3)C2=O)cc1. The zero-order valence-electron chi connectivity index (χ0n) is 18.4. The van der Waals surface area contributed by atoms with Gasteiger partial charge in [0.2, 0.25) is 0 Å². The second kappa shape index (κ2) is 9.56. The molecule has 3 amide bonds. The number of anilines is 2. The summed E-state index contributed by atoms with van der Waals surface area (Å²) in [4.78, 5) is 29.4. The molecule has 6 heteroatoms. The number of carbonyl (C=O) groups excluding carboxylic acids is 2. The number of rotatable bonds is 6. The summed E-state index contributed by atoms with van der Waals surface area (Å²) in [6.45, 7) is 4.05. The van der Waals surface area contributed by atoms with Gasteiger partial charge in [-0.3, -0.25) is 9.69 Å². The van der Waals surface area contributed by atoms with Gasteiger partial charge in [-0.1, -0.05) is 42.0 Å². The normalized spacial score (nSPS) is 13.8. The number of ether oxygens (including phenoxy) is 1. The summed E-state index contributed by atoms with van der Waals surface area (Å²) in [5, 5.41) is 2.87. The standard InChI is InChI=1S/C26H27N3O3/c1-19-8-10-20(11-9-19)18-28-16-5-17-29(26(28)31)22-14-12-21(13-15-22)25(30)27-23-6-3-4-7-24(23)32-2/h3-4,6-15H,5,16-18H2,1-2H3,(H,27,30). The van der Waals surface area contributed by atoms with Crippen LogP contribution in [0.4, 0.5) is 16.2 Å². The molecule has 0 aromatic heterocycles. The Morgan fingerprint density at radius 2 is 1.69 bits per heavy atom. The molecule has 0 saturated carbocycles. The first-order valence-corrected chi connectivity index (χ1v) is 10.7. The minimum absolute atomic E-state index is 0.0111. The molecule has 0 radical (unpaired) electrons. The van der Waals surface area contributed by atoms with Gasteiger partial charge in [-0.2, -0.15) is 0 Å². The Hall–Kier alpha value is -3.80. The van der Waals surface area contributed by atoms with E-state index < -0.39 is 0 Å². The van der Waals surface area contributed by atoms with E-state index in [1.807, 2.05) is 29.2 Å². The number of hydrogen-bond donors (Lipinski definition) is 1. The fourth-order valence-electron chi connectivity index (χ4n) is 3.82. The first-order chi connectivity index (χ1) is 15.5. The molecule has 0 aliphatic carbocycles. The molecule has 164 valence electrons. The van der Waals surface area contributed by atoms with Crippen molar-refractivity contribution in [1.29, 1.82) is 0 Å². The molecule has 3 aromatic carbocycles. The van der Waals surface area contributed by atoms with E-state index >= 15 is 0 Å². The molecule has 3 aromatic rings. The minimum Gasteiger partial charge on any atom is -0.495 e. The van der Waals surface area contributed by atoms with Crippen LogP contribution in [0.2, 0.25) is 0 Å². The average molecular weight is 430 g/mol. The molecule has 1 heterocycles. The van der Waals surface area contributed by atoms with Crippen molar-refractivity contribution in [3.8, 4) is 5.75 Å². The molecule has 1 aliphatic rings. The average Bonchev–Trinajstić information content (AvgIpc) is 2.82. The molecule has 0 spiro atoms. The van der Waals surface area contributed by atoms with Gasteiger partial charge in [0.05, 0.1) is 12.8 Å². The zero-order chi connectivity index (χ0) is 22.5. The molecule has 6 nitrogen and oxygen atoms in total. The third-order valence-corrected chi connectivity index (χ3v) is 5.60. The van der Waals surface area contributed by atoms with E-state index in [-0.39, 0.29) is 11.9 Å². The summed E-state index contributed by atoms with van der Waals surface area (Å²) < 4.78 is 5.29. The van der Waals surface area contributed by atoms with Crippen LogP contribution in [-0.4, -0.2) is 37.0 Å². The van der Waals surface area contributed by atoms with Crippen molar-refractivity contribution >= 4 is 23.3 Å². The molecule has 32 heavy (non-hydrogen) atoms. The molecule has 1 N–H and O–H groups in total. The summed E-state index contributed by atoms with van der Waals surface area (Å²) in [5.41, 5.74) is 4.24. The van der Waals surface area contributed by atoms with Crippen molar-refractivity contribution in [3.05, 3.63) is 89.5 Å². The fourth-order valence-corrected chi connectivity index (χ4v) is 3.82. The van der Waals surface area contributed by atoms with E-state index in [0.717, 1.165) is 24.2 Å². The maximum Gasteiger partial charge on any atom is 0.324 e. The van der Waals surface area contributed by atoms with E-state index in [4.69, 9.17) is 4.74 Å². The second-order valence-electron chi connectivity index (χ2n) is 7.90. The number of nitrogens with one attached hydrogen (secondary N) is 1. The Morgan fingerprint density at radius 1 is 0.969 bits per heavy atom. The van der Waals surface area contributed by atoms with Crippen molar-refractivity contribution in [2.45, 2.75) is 19.9 Å². The highest BCUT2D eigenvalue weighted by Gasteiger charge is 2.27. The highest BCUT2D eigenvalue weighted by atomic mass is 16.5. The van der Waals surface area contributed by atoms with Gasteiger partial charge in [-0.05, 0) is 55.3 Å².